The van der Waals surface area contributed by atoms with Gasteiger partial charge in [-0.25, -0.2) is 14.1 Å². The number of aryl methyl sites for hydroxylation is 1. The van der Waals surface area contributed by atoms with Crippen molar-refractivity contribution in [1.82, 2.24) is 14.2 Å². The molecule has 10 nitrogen and oxygen atoms in total. The number of benzene rings is 2. The number of para-hydroxylation sites is 1. The van der Waals surface area contributed by atoms with E-state index < -0.39 is 17.8 Å². The first-order chi connectivity index (χ1) is 15.8. The molecule has 10 heteroatoms. The Bertz CT molecular complexity index is 1450. The van der Waals surface area contributed by atoms with E-state index in [2.05, 4.69) is 10.3 Å². The van der Waals surface area contributed by atoms with Gasteiger partial charge in [0.05, 0.1) is 30.9 Å². The molecule has 0 bridgehead atoms. The molecule has 168 valence electrons. The number of carbonyl (C=O) groups excluding carboxylic acids is 3. The Balaban J connectivity index is 1.73. The van der Waals surface area contributed by atoms with E-state index in [9.17, 15) is 19.2 Å². The van der Waals surface area contributed by atoms with Crippen molar-refractivity contribution in [2.45, 2.75) is 13.5 Å². The van der Waals surface area contributed by atoms with E-state index >= 15 is 0 Å². The highest BCUT2D eigenvalue weighted by Crippen LogP contribution is 2.22. The van der Waals surface area contributed by atoms with Crippen LogP contribution in [0.1, 0.15) is 26.4 Å². The van der Waals surface area contributed by atoms with Crippen LogP contribution in [0, 0.1) is 6.92 Å². The number of rotatable bonds is 5. The molecule has 0 fully saturated rings. The number of amides is 1. The van der Waals surface area contributed by atoms with Gasteiger partial charge in [0.2, 0.25) is 5.91 Å². The Hall–Kier alpha value is -4.47. The zero-order valence-corrected chi connectivity index (χ0v) is 18.1. The summed E-state index contributed by atoms with van der Waals surface area (Å²) in [6.07, 6.45) is 0. The summed E-state index contributed by atoms with van der Waals surface area (Å²) < 4.78 is 12.9. The minimum atomic E-state index is -0.663. The molecule has 0 saturated carbocycles. The lowest BCUT2D eigenvalue weighted by atomic mass is 10.1. The molecule has 0 spiro atoms. The molecule has 4 rings (SSSR count). The van der Waals surface area contributed by atoms with Crippen molar-refractivity contribution in [2.24, 2.45) is 0 Å². The summed E-state index contributed by atoms with van der Waals surface area (Å²) in [5.74, 6) is -1.75. The van der Waals surface area contributed by atoms with Gasteiger partial charge in [-0.2, -0.15) is 4.98 Å². The lowest BCUT2D eigenvalue weighted by Gasteiger charge is -2.12. The van der Waals surface area contributed by atoms with Gasteiger partial charge in [-0.1, -0.05) is 12.1 Å². The zero-order valence-electron chi connectivity index (χ0n) is 18.1. The smallest absolute Gasteiger partial charge is 0.337 e. The monoisotopic (exact) mass is 448 g/mol. The number of carbonyl (C=O) groups is 3. The van der Waals surface area contributed by atoms with Gasteiger partial charge >= 0.3 is 11.9 Å². The quantitative estimate of drug-likeness (QED) is 0.465. The van der Waals surface area contributed by atoms with Crippen LogP contribution in [0.3, 0.4) is 0 Å². The first-order valence-electron chi connectivity index (χ1n) is 9.92. The number of hydrogen-bond donors (Lipinski definition) is 1. The van der Waals surface area contributed by atoms with Crippen molar-refractivity contribution in [3.05, 3.63) is 75.7 Å². The predicted octanol–water partition coefficient (Wildman–Crippen LogP) is 2.17. The molecular weight excluding hydrogens is 428 g/mol. The molecule has 2 aromatic heterocycles. The fourth-order valence-corrected chi connectivity index (χ4v) is 3.73. The maximum absolute atomic E-state index is 13.0. The summed E-state index contributed by atoms with van der Waals surface area (Å²) >= 11 is 0. The first kappa shape index (κ1) is 21.8. The highest BCUT2D eigenvalue weighted by atomic mass is 16.5. The number of nitrogens with one attached hydrogen (secondary N) is 1. The van der Waals surface area contributed by atoms with Gasteiger partial charge in [0, 0.05) is 22.8 Å². The highest BCUT2D eigenvalue weighted by molar-refractivity contribution is 6.00. The molecule has 0 aliphatic heterocycles. The van der Waals surface area contributed by atoms with Gasteiger partial charge < -0.3 is 14.8 Å². The summed E-state index contributed by atoms with van der Waals surface area (Å²) in [5, 5.41) is 3.44. The Kier molecular flexibility index (Phi) is 5.65. The maximum atomic E-state index is 13.0. The molecule has 0 unspecified atom stereocenters. The molecule has 0 atom stereocenters. The molecule has 4 aromatic rings. The third-order valence-electron chi connectivity index (χ3n) is 5.10. The third kappa shape index (κ3) is 4.05. The molecule has 2 aromatic carbocycles. The first-order valence-corrected chi connectivity index (χ1v) is 9.92. The van der Waals surface area contributed by atoms with Crippen molar-refractivity contribution < 1.29 is 23.9 Å². The minimum absolute atomic E-state index is 0.0879. The Labute approximate surface area is 187 Å². The van der Waals surface area contributed by atoms with Gasteiger partial charge in [0.1, 0.15) is 6.54 Å². The predicted molar refractivity (Wildman–Crippen MR) is 119 cm³/mol. The largest absolute Gasteiger partial charge is 0.465 e. The number of ether oxygens (including phenoxy) is 2. The standard InChI is InChI=1S/C23H20N4O6/c1-13-8-19(28)25-21-17-6-4-5-7-18(17)26(27(13)21)12-20(29)24-16-10-14(22(30)32-2)9-15(11-16)23(31)33-3/h4-11H,12H2,1-3H3,(H,24,29). The molecule has 1 N–H and O–H groups in total. The topological polar surface area (TPSA) is 121 Å². The van der Waals surface area contributed by atoms with Gasteiger partial charge in [-0.05, 0) is 37.3 Å². The van der Waals surface area contributed by atoms with E-state index in [1.54, 1.807) is 16.1 Å². The number of hydrogen-bond acceptors (Lipinski definition) is 7. The Morgan fingerprint density at radius 2 is 1.61 bits per heavy atom. The zero-order chi connectivity index (χ0) is 23.7. The molecule has 0 radical (unpaired) electrons. The van der Waals surface area contributed by atoms with Gasteiger partial charge in [-0.3, -0.25) is 14.3 Å². The van der Waals surface area contributed by atoms with E-state index in [0.29, 0.717) is 16.9 Å². The van der Waals surface area contributed by atoms with Crippen molar-refractivity contribution >= 4 is 40.1 Å². The molecule has 0 aliphatic carbocycles. The summed E-state index contributed by atoms with van der Waals surface area (Å²) in [7, 11) is 2.43. The van der Waals surface area contributed by atoms with Crippen LogP contribution in [0.15, 0.2) is 53.3 Å². The second-order valence-corrected chi connectivity index (χ2v) is 7.28. The van der Waals surface area contributed by atoms with Crippen LogP contribution in [0.5, 0.6) is 0 Å². The van der Waals surface area contributed by atoms with Crippen LogP contribution in [0.25, 0.3) is 16.6 Å². The minimum Gasteiger partial charge on any atom is -0.465 e. The van der Waals surface area contributed by atoms with E-state index in [0.717, 1.165) is 5.39 Å². The van der Waals surface area contributed by atoms with Crippen LogP contribution in [0.4, 0.5) is 5.69 Å². The summed E-state index contributed by atoms with van der Waals surface area (Å²) in [6, 6.07) is 12.8. The van der Waals surface area contributed by atoms with Crippen LogP contribution in [0.2, 0.25) is 0 Å². The fraction of sp³-hybridized carbons (Fsp3) is 0.174. The van der Waals surface area contributed by atoms with Crippen LogP contribution >= 0.6 is 0 Å². The van der Waals surface area contributed by atoms with Crippen LogP contribution in [-0.2, 0) is 20.8 Å². The average Bonchev–Trinajstić information content (AvgIpc) is 3.11. The van der Waals surface area contributed by atoms with Gasteiger partial charge in [0.25, 0.3) is 5.56 Å². The third-order valence-corrected chi connectivity index (χ3v) is 5.10. The number of aromatic nitrogens is 3. The highest BCUT2D eigenvalue weighted by Gasteiger charge is 2.18. The normalized spacial score (nSPS) is 10.9. The van der Waals surface area contributed by atoms with Crippen molar-refractivity contribution in [3.8, 4) is 0 Å². The second kappa shape index (κ2) is 8.58. The summed E-state index contributed by atoms with van der Waals surface area (Å²) in [4.78, 5) is 53.1. The maximum Gasteiger partial charge on any atom is 0.337 e. The SMILES string of the molecule is COC(=O)c1cc(NC(=O)Cn2c3ccccc3c3nc(=O)cc(C)n32)cc(C(=O)OC)c1. The lowest BCUT2D eigenvalue weighted by Crippen LogP contribution is -2.23. The van der Waals surface area contributed by atoms with Crippen molar-refractivity contribution in [3.63, 3.8) is 0 Å². The van der Waals surface area contributed by atoms with E-state index in [1.807, 2.05) is 24.3 Å². The second-order valence-electron chi connectivity index (χ2n) is 7.28. The number of fused-ring (bicyclic) bond motifs is 3. The van der Waals surface area contributed by atoms with Gasteiger partial charge in [0.15, 0.2) is 5.65 Å². The van der Waals surface area contributed by atoms with Crippen molar-refractivity contribution in [1.29, 1.82) is 0 Å². The summed E-state index contributed by atoms with van der Waals surface area (Å²) in [5.41, 5.74) is 1.82. The number of methoxy groups -OCH3 is 2. The van der Waals surface area contributed by atoms with Crippen LogP contribution < -0.4 is 10.9 Å². The molecular formula is C23H20N4O6. The van der Waals surface area contributed by atoms with E-state index in [1.165, 1.54) is 38.5 Å². The molecule has 0 aliphatic rings. The Morgan fingerprint density at radius 3 is 2.24 bits per heavy atom. The molecule has 33 heavy (non-hydrogen) atoms. The number of nitrogens with zero attached hydrogens (tertiary/aromatic N) is 3. The van der Waals surface area contributed by atoms with E-state index in [4.69, 9.17) is 9.47 Å². The number of anilines is 1. The molecule has 0 saturated heterocycles. The number of esters is 2. The van der Waals surface area contributed by atoms with Gasteiger partial charge in [-0.15, -0.1) is 0 Å². The average molecular weight is 448 g/mol. The Morgan fingerprint density at radius 1 is 0.970 bits per heavy atom. The molecule has 2 heterocycles. The summed E-state index contributed by atoms with van der Waals surface area (Å²) in [6.45, 7) is 1.64. The van der Waals surface area contributed by atoms with E-state index in [-0.39, 0.29) is 28.9 Å². The molecule has 1 amide bonds. The fourth-order valence-electron chi connectivity index (χ4n) is 3.73. The van der Waals surface area contributed by atoms with Crippen LogP contribution in [-0.4, -0.2) is 46.2 Å². The lowest BCUT2D eigenvalue weighted by molar-refractivity contribution is -0.116. The van der Waals surface area contributed by atoms with Crippen molar-refractivity contribution in [2.75, 3.05) is 19.5 Å².